The van der Waals surface area contributed by atoms with Gasteiger partial charge in [0.25, 0.3) is 5.69 Å². The number of aromatic nitrogens is 1. The van der Waals surface area contributed by atoms with E-state index in [1.54, 1.807) is 6.07 Å². The number of non-ortho nitro benzene ring substituents is 1. The van der Waals surface area contributed by atoms with E-state index in [0.29, 0.717) is 12.8 Å². The highest BCUT2D eigenvalue weighted by molar-refractivity contribution is 5.97. The van der Waals surface area contributed by atoms with Gasteiger partial charge in [-0.15, -0.1) is 0 Å². The Labute approximate surface area is 120 Å². The second-order valence-corrected chi connectivity index (χ2v) is 4.67. The predicted octanol–water partition coefficient (Wildman–Crippen LogP) is 2.86. The van der Waals surface area contributed by atoms with Crippen LogP contribution in [0.2, 0.25) is 0 Å². The number of benzene rings is 1. The molecule has 2 rings (SSSR count). The van der Waals surface area contributed by atoms with E-state index in [1.165, 1.54) is 12.3 Å². The van der Waals surface area contributed by atoms with Crippen LogP contribution < -0.4 is 5.32 Å². The Morgan fingerprint density at radius 2 is 2.33 bits per heavy atom. The van der Waals surface area contributed by atoms with Crippen molar-refractivity contribution in [3.63, 3.8) is 0 Å². The van der Waals surface area contributed by atoms with Gasteiger partial charge in [0.1, 0.15) is 5.52 Å². The van der Waals surface area contributed by atoms with E-state index >= 15 is 0 Å². The van der Waals surface area contributed by atoms with Crippen molar-refractivity contribution in [2.24, 2.45) is 0 Å². The van der Waals surface area contributed by atoms with Gasteiger partial charge in [0.2, 0.25) is 0 Å². The first-order chi connectivity index (χ1) is 10.1. The zero-order valence-corrected chi connectivity index (χ0v) is 11.5. The van der Waals surface area contributed by atoms with Gasteiger partial charge in [-0.3, -0.25) is 15.1 Å². The molecule has 0 radical (unpaired) electrons. The zero-order valence-electron chi connectivity index (χ0n) is 11.5. The average molecular weight is 293 g/mol. The van der Waals surface area contributed by atoms with Gasteiger partial charge < -0.3 is 10.4 Å². The highest BCUT2D eigenvalue weighted by atomic mass is 19.1. The number of fused-ring (bicyclic) bond motifs is 1. The van der Waals surface area contributed by atoms with Crippen molar-refractivity contribution in [3.8, 4) is 0 Å². The van der Waals surface area contributed by atoms with E-state index < -0.39 is 10.7 Å². The molecule has 1 heterocycles. The number of rotatable bonds is 6. The number of nitro benzene ring substituents is 1. The molecule has 0 saturated carbocycles. The molecule has 0 aliphatic carbocycles. The smallest absolute Gasteiger partial charge is 0.281 e. The van der Waals surface area contributed by atoms with E-state index in [0.717, 1.165) is 6.07 Å². The third-order valence-corrected chi connectivity index (χ3v) is 3.34. The Kier molecular flexibility index (Phi) is 4.64. The summed E-state index contributed by atoms with van der Waals surface area (Å²) in [5.41, 5.74) is 0.0495. The maximum atomic E-state index is 14.2. The molecule has 0 saturated heterocycles. The molecular weight excluding hydrogens is 277 g/mol. The number of hydrogen-bond donors (Lipinski definition) is 2. The molecule has 0 amide bonds. The summed E-state index contributed by atoms with van der Waals surface area (Å²) >= 11 is 0. The molecule has 6 nitrogen and oxygen atoms in total. The Balaban J connectivity index is 2.56. The first kappa shape index (κ1) is 15.1. The van der Waals surface area contributed by atoms with Crippen LogP contribution in [-0.4, -0.2) is 27.7 Å². The standard InChI is InChI=1S/C14H16FN3O3/c1-2-9(5-7-19)17-14-11(15)8-12(18(20)21)10-4-3-6-16-13(10)14/h3-4,6,8-9,17,19H,2,5,7H2,1H3. The Hall–Kier alpha value is -2.28. The molecule has 0 spiro atoms. The van der Waals surface area contributed by atoms with Gasteiger partial charge in [-0.2, -0.15) is 0 Å². The van der Waals surface area contributed by atoms with Crippen LogP contribution in [0.5, 0.6) is 0 Å². The molecule has 1 atom stereocenters. The fraction of sp³-hybridized carbons (Fsp3) is 0.357. The van der Waals surface area contributed by atoms with Gasteiger partial charge in [-0.1, -0.05) is 6.92 Å². The normalized spacial score (nSPS) is 12.3. The molecule has 2 N–H and O–H groups in total. The molecule has 7 heteroatoms. The van der Waals surface area contributed by atoms with Crippen LogP contribution in [0.4, 0.5) is 15.8 Å². The summed E-state index contributed by atoms with van der Waals surface area (Å²) in [6.45, 7) is 1.89. The largest absolute Gasteiger partial charge is 0.396 e. The van der Waals surface area contributed by atoms with Gasteiger partial charge in [-0.25, -0.2) is 4.39 Å². The van der Waals surface area contributed by atoms with Crippen molar-refractivity contribution in [1.29, 1.82) is 0 Å². The third-order valence-electron chi connectivity index (χ3n) is 3.34. The summed E-state index contributed by atoms with van der Waals surface area (Å²) in [6, 6.07) is 3.88. The summed E-state index contributed by atoms with van der Waals surface area (Å²) in [5.74, 6) is -0.718. The van der Waals surface area contributed by atoms with Gasteiger partial charge in [-0.05, 0) is 25.0 Å². The maximum Gasteiger partial charge on any atom is 0.281 e. The minimum Gasteiger partial charge on any atom is -0.396 e. The number of hydrogen-bond acceptors (Lipinski definition) is 5. The highest BCUT2D eigenvalue weighted by Crippen LogP contribution is 2.33. The summed E-state index contributed by atoms with van der Waals surface area (Å²) in [7, 11) is 0. The van der Waals surface area contributed by atoms with Gasteiger partial charge >= 0.3 is 0 Å². The van der Waals surface area contributed by atoms with Crippen molar-refractivity contribution < 1.29 is 14.4 Å². The fourth-order valence-corrected chi connectivity index (χ4v) is 2.22. The summed E-state index contributed by atoms with van der Waals surface area (Å²) < 4.78 is 14.2. The zero-order chi connectivity index (χ0) is 15.4. The minimum atomic E-state index is -0.718. The topological polar surface area (TPSA) is 88.3 Å². The average Bonchev–Trinajstić information content (AvgIpc) is 2.48. The number of nitro groups is 1. The van der Waals surface area contributed by atoms with E-state index in [2.05, 4.69) is 10.3 Å². The molecule has 112 valence electrons. The van der Waals surface area contributed by atoms with Crippen LogP contribution in [0.1, 0.15) is 19.8 Å². The first-order valence-corrected chi connectivity index (χ1v) is 6.67. The van der Waals surface area contributed by atoms with Gasteiger partial charge in [0.05, 0.1) is 22.1 Å². The van der Waals surface area contributed by atoms with Gasteiger partial charge in [0, 0.05) is 18.8 Å². The van der Waals surface area contributed by atoms with E-state index in [4.69, 9.17) is 5.11 Å². The summed E-state index contributed by atoms with van der Waals surface area (Å²) in [5, 5.41) is 23.3. The summed E-state index contributed by atoms with van der Waals surface area (Å²) in [6.07, 6.45) is 2.61. The SMILES string of the molecule is CCC(CCO)Nc1c(F)cc([N+](=O)[O-])c2cccnc12. The molecule has 0 fully saturated rings. The predicted molar refractivity (Wildman–Crippen MR) is 77.8 cm³/mol. The van der Waals surface area contributed by atoms with Crippen LogP contribution in [-0.2, 0) is 0 Å². The molecular formula is C14H16FN3O3. The lowest BCUT2D eigenvalue weighted by molar-refractivity contribution is -0.383. The van der Waals surface area contributed by atoms with Crippen molar-refractivity contribution in [2.75, 3.05) is 11.9 Å². The monoisotopic (exact) mass is 293 g/mol. The van der Waals surface area contributed by atoms with E-state index in [-0.39, 0.29) is 34.9 Å². The van der Waals surface area contributed by atoms with Crippen LogP contribution in [0.25, 0.3) is 10.9 Å². The lowest BCUT2D eigenvalue weighted by Crippen LogP contribution is -2.21. The van der Waals surface area contributed by atoms with Crippen LogP contribution in [0.15, 0.2) is 24.4 Å². The number of aliphatic hydroxyl groups is 1. The van der Waals surface area contributed by atoms with Crippen LogP contribution in [0, 0.1) is 15.9 Å². The fourth-order valence-electron chi connectivity index (χ4n) is 2.22. The highest BCUT2D eigenvalue weighted by Gasteiger charge is 2.21. The quantitative estimate of drug-likeness (QED) is 0.631. The minimum absolute atomic E-state index is 0.0224. The number of pyridine rings is 1. The molecule has 1 aromatic carbocycles. The molecule has 0 aliphatic rings. The molecule has 21 heavy (non-hydrogen) atoms. The Bertz CT molecular complexity index is 663. The molecule has 2 aromatic rings. The number of nitrogens with zero attached hydrogens (tertiary/aromatic N) is 2. The third kappa shape index (κ3) is 3.08. The van der Waals surface area contributed by atoms with E-state index in [9.17, 15) is 14.5 Å². The maximum absolute atomic E-state index is 14.2. The summed E-state index contributed by atoms with van der Waals surface area (Å²) in [4.78, 5) is 14.5. The van der Waals surface area contributed by atoms with Gasteiger partial charge in [0.15, 0.2) is 5.82 Å². The van der Waals surface area contributed by atoms with Crippen molar-refractivity contribution >= 4 is 22.3 Å². The lowest BCUT2D eigenvalue weighted by atomic mass is 10.1. The molecule has 1 unspecified atom stereocenters. The number of nitrogens with one attached hydrogen (secondary N) is 1. The second-order valence-electron chi connectivity index (χ2n) is 4.67. The molecule has 1 aromatic heterocycles. The number of aliphatic hydroxyl groups excluding tert-OH is 1. The number of anilines is 1. The molecule has 0 bridgehead atoms. The van der Waals surface area contributed by atoms with Crippen molar-refractivity contribution in [2.45, 2.75) is 25.8 Å². The van der Waals surface area contributed by atoms with E-state index in [1.807, 2.05) is 6.92 Å². The van der Waals surface area contributed by atoms with Crippen LogP contribution >= 0.6 is 0 Å². The lowest BCUT2D eigenvalue weighted by Gasteiger charge is -2.18. The van der Waals surface area contributed by atoms with Crippen molar-refractivity contribution in [3.05, 3.63) is 40.3 Å². The second kappa shape index (κ2) is 6.45. The molecule has 0 aliphatic heterocycles. The van der Waals surface area contributed by atoms with Crippen LogP contribution in [0.3, 0.4) is 0 Å². The first-order valence-electron chi connectivity index (χ1n) is 6.67. The Morgan fingerprint density at radius 1 is 1.57 bits per heavy atom. The van der Waals surface area contributed by atoms with Crippen molar-refractivity contribution in [1.82, 2.24) is 4.98 Å². The Morgan fingerprint density at radius 3 is 2.95 bits per heavy atom. The number of halogens is 1.